The third-order valence-corrected chi connectivity index (χ3v) is 5.68. The molecule has 0 atom stereocenters. The van der Waals surface area contributed by atoms with E-state index in [1.165, 1.54) is 11.3 Å². The van der Waals surface area contributed by atoms with Crippen molar-refractivity contribution in [3.05, 3.63) is 70.8 Å². The van der Waals surface area contributed by atoms with E-state index in [1.54, 1.807) is 30.3 Å². The zero-order valence-corrected chi connectivity index (χ0v) is 14.2. The maximum atomic E-state index is 12.4. The molecule has 0 amide bonds. The van der Waals surface area contributed by atoms with E-state index in [4.69, 9.17) is 0 Å². The van der Waals surface area contributed by atoms with Crippen LogP contribution >= 0.6 is 11.3 Å². The fourth-order valence-electron chi connectivity index (χ4n) is 2.30. The molecule has 1 heterocycles. The molecule has 2 aromatic carbocycles. The minimum Gasteiger partial charge on any atom is -0.316 e. The number of rotatable bonds is 4. The Morgan fingerprint density at radius 2 is 1.61 bits per heavy atom. The van der Waals surface area contributed by atoms with E-state index < -0.39 is 10.0 Å². The Morgan fingerprint density at radius 1 is 1.00 bits per heavy atom. The number of benzene rings is 2. The van der Waals surface area contributed by atoms with Crippen molar-refractivity contribution in [1.29, 1.82) is 0 Å². The maximum absolute atomic E-state index is 12.4. The highest BCUT2D eigenvalue weighted by molar-refractivity contribution is 7.90. The normalized spacial score (nSPS) is 12.5. The van der Waals surface area contributed by atoms with Crippen molar-refractivity contribution in [3.8, 4) is 11.3 Å². The summed E-state index contributed by atoms with van der Waals surface area (Å²) in [5.41, 5.74) is 2.02. The molecule has 0 bridgehead atoms. The highest BCUT2D eigenvalue weighted by Gasteiger charge is 2.14. The Morgan fingerprint density at radius 3 is 2.22 bits per heavy atom. The molecule has 3 rings (SSSR count). The first-order chi connectivity index (χ1) is 11.1. The number of hydrogen-bond acceptors (Lipinski definition) is 3. The van der Waals surface area contributed by atoms with Gasteiger partial charge in [-0.1, -0.05) is 48.5 Å². The van der Waals surface area contributed by atoms with Crippen molar-refractivity contribution in [1.82, 2.24) is 4.57 Å². The minimum atomic E-state index is -3.70. The number of thiazole rings is 1. The van der Waals surface area contributed by atoms with Crippen LogP contribution in [0.5, 0.6) is 0 Å². The lowest BCUT2D eigenvalue weighted by Gasteiger charge is -2.05. The quantitative estimate of drug-likeness (QED) is 0.727. The average molecular weight is 344 g/mol. The standard InChI is InChI=1S/C17H16N2O2S2/c1-2-19-16(14-9-5-3-6-10-14)13-22-17(19)18-23(20,21)15-11-7-4-8-12-15/h3-13H,2H2,1H3/b18-17+. The Bertz CT molecular complexity index is 957. The first-order valence-electron chi connectivity index (χ1n) is 7.21. The average Bonchev–Trinajstić information content (AvgIpc) is 2.98. The Balaban J connectivity index is 2.13. The van der Waals surface area contributed by atoms with Gasteiger partial charge in [0.15, 0.2) is 0 Å². The smallest absolute Gasteiger partial charge is 0.285 e. The topological polar surface area (TPSA) is 51.4 Å². The van der Waals surface area contributed by atoms with E-state index in [9.17, 15) is 8.42 Å². The second-order valence-corrected chi connectivity index (χ2v) is 7.33. The summed E-state index contributed by atoms with van der Waals surface area (Å²) in [5, 5.41) is 1.94. The summed E-state index contributed by atoms with van der Waals surface area (Å²) in [4.78, 5) is 0.688. The second-order valence-electron chi connectivity index (χ2n) is 4.89. The Kier molecular flexibility index (Phi) is 4.45. The van der Waals surface area contributed by atoms with Crippen LogP contribution in [0, 0.1) is 0 Å². The molecular weight excluding hydrogens is 328 g/mol. The third kappa shape index (κ3) is 3.28. The SMILES string of the molecule is CCn1c(-c2ccccc2)cs/c1=N/S(=O)(=O)c1ccccc1. The summed E-state index contributed by atoms with van der Waals surface area (Å²) in [5.74, 6) is 0. The van der Waals surface area contributed by atoms with E-state index in [1.807, 2.05) is 47.2 Å². The van der Waals surface area contributed by atoms with Crippen molar-refractivity contribution < 1.29 is 8.42 Å². The lowest BCUT2D eigenvalue weighted by atomic mass is 10.2. The van der Waals surface area contributed by atoms with E-state index >= 15 is 0 Å². The first-order valence-corrected chi connectivity index (χ1v) is 9.53. The fraction of sp³-hybridized carbons (Fsp3) is 0.118. The first kappa shape index (κ1) is 15.7. The molecule has 118 valence electrons. The highest BCUT2D eigenvalue weighted by atomic mass is 32.2. The van der Waals surface area contributed by atoms with E-state index in [2.05, 4.69) is 4.40 Å². The van der Waals surface area contributed by atoms with Crippen molar-refractivity contribution in [2.45, 2.75) is 18.4 Å². The molecule has 0 aliphatic heterocycles. The van der Waals surface area contributed by atoms with E-state index in [0.717, 1.165) is 11.3 Å². The molecule has 3 aromatic rings. The number of aromatic nitrogens is 1. The van der Waals surface area contributed by atoms with Gasteiger partial charge >= 0.3 is 0 Å². The third-order valence-electron chi connectivity index (χ3n) is 3.42. The lowest BCUT2D eigenvalue weighted by molar-refractivity contribution is 0.595. The molecule has 0 saturated carbocycles. The minimum absolute atomic E-state index is 0.206. The molecule has 0 spiro atoms. The molecule has 0 radical (unpaired) electrons. The monoisotopic (exact) mass is 344 g/mol. The molecule has 0 aliphatic carbocycles. The van der Waals surface area contributed by atoms with Gasteiger partial charge in [-0.05, 0) is 24.6 Å². The molecule has 0 N–H and O–H groups in total. The van der Waals surface area contributed by atoms with E-state index in [-0.39, 0.29) is 4.90 Å². The summed E-state index contributed by atoms with van der Waals surface area (Å²) < 4.78 is 30.8. The van der Waals surface area contributed by atoms with Crippen LogP contribution < -0.4 is 4.80 Å². The second kappa shape index (κ2) is 6.52. The Labute approximate surface area is 139 Å². The van der Waals surface area contributed by atoms with Crippen LogP contribution in [0.4, 0.5) is 0 Å². The summed E-state index contributed by atoms with van der Waals surface area (Å²) >= 11 is 1.33. The largest absolute Gasteiger partial charge is 0.316 e. The summed E-state index contributed by atoms with van der Waals surface area (Å²) in [6.07, 6.45) is 0. The van der Waals surface area contributed by atoms with Gasteiger partial charge in [-0.2, -0.15) is 8.42 Å². The van der Waals surface area contributed by atoms with Gasteiger partial charge in [0.2, 0.25) is 4.80 Å². The van der Waals surface area contributed by atoms with Crippen molar-refractivity contribution in [2.75, 3.05) is 0 Å². The highest BCUT2D eigenvalue weighted by Crippen LogP contribution is 2.20. The van der Waals surface area contributed by atoms with Crippen molar-refractivity contribution in [2.24, 2.45) is 4.40 Å². The lowest BCUT2D eigenvalue weighted by Crippen LogP contribution is -2.17. The predicted octanol–water partition coefficient (Wildman–Crippen LogP) is 3.53. The molecule has 6 heteroatoms. The fourth-order valence-corrected chi connectivity index (χ4v) is 4.51. The van der Waals surface area contributed by atoms with Gasteiger partial charge in [-0.15, -0.1) is 15.7 Å². The van der Waals surface area contributed by atoms with Crippen LogP contribution in [-0.4, -0.2) is 13.0 Å². The molecule has 0 unspecified atom stereocenters. The molecular formula is C17H16N2O2S2. The van der Waals surface area contributed by atoms with Gasteiger partial charge < -0.3 is 4.57 Å². The molecule has 0 saturated heterocycles. The molecule has 1 aromatic heterocycles. The molecule has 0 aliphatic rings. The van der Waals surface area contributed by atoms with Crippen LogP contribution in [0.1, 0.15) is 6.92 Å². The van der Waals surface area contributed by atoms with Crippen LogP contribution in [0.15, 0.2) is 75.3 Å². The predicted molar refractivity (Wildman–Crippen MR) is 92.6 cm³/mol. The molecule has 23 heavy (non-hydrogen) atoms. The summed E-state index contributed by atoms with van der Waals surface area (Å²) in [6, 6.07) is 18.2. The number of sulfonamides is 1. The van der Waals surface area contributed by atoms with Crippen LogP contribution in [0.2, 0.25) is 0 Å². The van der Waals surface area contributed by atoms with E-state index in [0.29, 0.717) is 11.3 Å². The van der Waals surface area contributed by atoms with Crippen LogP contribution in [0.3, 0.4) is 0 Å². The van der Waals surface area contributed by atoms with Gasteiger partial charge in [-0.3, -0.25) is 0 Å². The Hall–Kier alpha value is -2.18. The number of nitrogens with zero attached hydrogens (tertiary/aromatic N) is 2. The van der Waals surface area contributed by atoms with Crippen molar-refractivity contribution >= 4 is 21.4 Å². The van der Waals surface area contributed by atoms with Gasteiger partial charge in [-0.25, -0.2) is 0 Å². The van der Waals surface area contributed by atoms with Crippen LogP contribution in [0.25, 0.3) is 11.3 Å². The van der Waals surface area contributed by atoms with Crippen LogP contribution in [-0.2, 0) is 16.6 Å². The van der Waals surface area contributed by atoms with Gasteiger partial charge in [0.25, 0.3) is 10.0 Å². The van der Waals surface area contributed by atoms with Gasteiger partial charge in [0, 0.05) is 11.9 Å². The van der Waals surface area contributed by atoms with Gasteiger partial charge in [0.05, 0.1) is 10.6 Å². The summed E-state index contributed by atoms with van der Waals surface area (Å²) in [6.45, 7) is 2.63. The maximum Gasteiger partial charge on any atom is 0.285 e. The molecule has 0 fully saturated rings. The zero-order valence-electron chi connectivity index (χ0n) is 12.6. The summed E-state index contributed by atoms with van der Waals surface area (Å²) in [7, 11) is -3.70. The zero-order chi connectivity index (χ0) is 16.3. The number of hydrogen-bond donors (Lipinski definition) is 0. The molecule has 4 nitrogen and oxygen atoms in total. The van der Waals surface area contributed by atoms with Crippen molar-refractivity contribution in [3.63, 3.8) is 0 Å². The van der Waals surface area contributed by atoms with Gasteiger partial charge in [0.1, 0.15) is 0 Å².